The number of aryl methyl sites for hydroxylation is 1. The van der Waals surface area contributed by atoms with Gasteiger partial charge in [0.25, 0.3) is 0 Å². The van der Waals surface area contributed by atoms with Gasteiger partial charge in [-0.15, -0.1) is 0 Å². The van der Waals surface area contributed by atoms with Crippen molar-refractivity contribution in [3.8, 4) is 17.0 Å². The number of nitrogens with one attached hydrogen (secondary N) is 1. The summed E-state index contributed by atoms with van der Waals surface area (Å²) in [4.78, 5) is 15.3. The zero-order valence-electron chi connectivity index (χ0n) is 24.4. The number of carbonyl (C=O) groups excluding carboxylic acids is 1. The predicted octanol–water partition coefficient (Wildman–Crippen LogP) is 4.35. The van der Waals surface area contributed by atoms with Gasteiger partial charge in [0, 0.05) is 55.8 Å². The molecular formula is C31H41N3O6S. The molecule has 1 amide bonds. The number of aromatic nitrogens is 1. The van der Waals surface area contributed by atoms with Gasteiger partial charge in [-0.3, -0.25) is 4.79 Å². The number of ether oxygens (including phenoxy) is 3. The highest BCUT2D eigenvalue weighted by Gasteiger charge is 2.35. The molecule has 1 saturated heterocycles. The second-order valence-corrected chi connectivity index (χ2v) is 13.4. The van der Waals surface area contributed by atoms with Crippen LogP contribution in [0.2, 0.25) is 0 Å². The molecular weight excluding hydrogens is 542 g/mol. The summed E-state index contributed by atoms with van der Waals surface area (Å²) < 4.78 is 48.1. The molecule has 5 rings (SSSR count). The summed E-state index contributed by atoms with van der Waals surface area (Å²) in [5, 5.41) is 0.965. The number of benzene rings is 2. The Bertz CT molecular complexity index is 1470. The van der Waals surface area contributed by atoms with E-state index in [4.69, 9.17) is 14.2 Å². The van der Waals surface area contributed by atoms with Crippen molar-refractivity contribution >= 4 is 26.8 Å². The number of fused-ring (bicyclic) bond motifs is 1. The number of sulfonamides is 1. The summed E-state index contributed by atoms with van der Waals surface area (Å²) in [7, 11) is -0.132. The van der Waals surface area contributed by atoms with Crippen LogP contribution < -0.4 is 9.46 Å². The Kier molecular flexibility index (Phi) is 8.75. The Morgan fingerprint density at radius 1 is 1.05 bits per heavy atom. The lowest BCUT2D eigenvalue weighted by atomic mass is 9.85. The van der Waals surface area contributed by atoms with Gasteiger partial charge in [-0.2, -0.15) is 0 Å². The van der Waals surface area contributed by atoms with Crippen LogP contribution in [-0.4, -0.2) is 75.5 Å². The minimum Gasteiger partial charge on any atom is -0.491 e. The Labute approximate surface area is 242 Å². The predicted molar refractivity (Wildman–Crippen MR) is 158 cm³/mol. The minimum absolute atomic E-state index is 0.0613. The zero-order valence-corrected chi connectivity index (χ0v) is 25.2. The molecule has 1 aliphatic heterocycles. The molecule has 10 heteroatoms. The molecule has 1 N–H and O–H groups in total. The molecule has 2 aromatic carbocycles. The summed E-state index contributed by atoms with van der Waals surface area (Å²) in [5.74, 6) is 0.877. The van der Waals surface area contributed by atoms with Crippen LogP contribution in [0.4, 0.5) is 0 Å². The molecule has 222 valence electrons. The quantitative estimate of drug-likeness (QED) is 0.376. The van der Waals surface area contributed by atoms with Gasteiger partial charge in [0.15, 0.2) is 0 Å². The number of methoxy groups -OCH3 is 1. The van der Waals surface area contributed by atoms with Crippen LogP contribution >= 0.6 is 0 Å². The molecule has 0 spiro atoms. The molecule has 2 fully saturated rings. The van der Waals surface area contributed by atoms with Gasteiger partial charge in [-0.05, 0) is 87.6 Å². The highest BCUT2D eigenvalue weighted by molar-refractivity contribution is 7.89. The van der Waals surface area contributed by atoms with Gasteiger partial charge >= 0.3 is 0 Å². The molecule has 0 atom stereocenters. The normalized spacial score (nSPS) is 21.2. The van der Waals surface area contributed by atoms with E-state index in [2.05, 4.69) is 10.8 Å². The second-order valence-electron chi connectivity index (χ2n) is 11.7. The fourth-order valence-corrected chi connectivity index (χ4v) is 7.25. The van der Waals surface area contributed by atoms with E-state index in [0.29, 0.717) is 58.6 Å². The molecule has 41 heavy (non-hydrogen) atoms. The van der Waals surface area contributed by atoms with Gasteiger partial charge in [0.05, 0.1) is 23.7 Å². The van der Waals surface area contributed by atoms with Crippen molar-refractivity contribution in [2.75, 3.05) is 40.0 Å². The van der Waals surface area contributed by atoms with Crippen LogP contribution in [-0.2, 0) is 31.3 Å². The van der Waals surface area contributed by atoms with E-state index >= 15 is 0 Å². The highest BCUT2D eigenvalue weighted by Crippen LogP contribution is 2.32. The average Bonchev–Trinajstić information content (AvgIpc) is 3.28. The number of hydrogen-bond donors (Lipinski definition) is 1. The third kappa shape index (κ3) is 6.77. The van der Waals surface area contributed by atoms with Crippen molar-refractivity contribution in [2.45, 2.75) is 56.1 Å². The zero-order chi connectivity index (χ0) is 29.2. The molecule has 3 aromatic rings. The van der Waals surface area contributed by atoms with Crippen LogP contribution in [0, 0.1) is 5.92 Å². The molecule has 1 aromatic heterocycles. The van der Waals surface area contributed by atoms with Gasteiger partial charge in [-0.1, -0.05) is 6.07 Å². The van der Waals surface area contributed by atoms with E-state index in [0.717, 1.165) is 27.9 Å². The lowest BCUT2D eigenvalue weighted by Crippen LogP contribution is -2.52. The summed E-state index contributed by atoms with van der Waals surface area (Å²) in [6, 6.07) is 15.0. The fraction of sp³-hybridized carbons (Fsp3) is 0.516. The van der Waals surface area contributed by atoms with Crippen molar-refractivity contribution in [3.63, 3.8) is 0 Å². The SMILES string of the molecule is COCCOc1ccc(-c2cc3ccc(S(=O)(=O)NC4CCC(C(=O)N5CCOC(C)(C)C5)CC4)cc3n2C)cc1. The Morgan fingerprint density at radius 3 is 2.46 bits per heavy atom. The van der Waals surface area contributed by atoms with Crippen LogP contribution in [0.25, 0.3) is 22.2 Å². The minimum atomic E-state index is -3.72. The standard InChI is InChI=1S/C31H41N3O6S/c1-31(2)21-34(15-16-40-31)30(35)23-5-10-25(11-6-23)32-41(36,37)27-14-9-24-19-28(33(3)29(24)20-27)22-7-12-26(13-8-22)39-18-17-38-4/h7-9,12-14,19-20,23,25,32H,5-6,10-11,15-18,21H2,1-4H3. The van der Waals surface area contributed by atoms with Crippen LogP contribution in [0.15, 0.2) is 53.4 Å². The number of hydrogen-bond acceptors (Lipinski definition) is 6. The van der Waals surface area contributed by atoms with E-state index in [-0.39, 0.29) is 28.4 Å². The van der Waals surface area contributed by atoms with E-state index in [1.807, 2.05) is 60.7 Å². The molecule has 9 nitrogen and oxygen atoms in total. The lowest BCUT2D eigenvalue weighted by Gasteiger charge is -2.40. The Morgan fingerprint density at radius 2 is 1.78 bits per heavy atom. The molecule has 2 aliphatic rings. The first-order chi connectivity index (χ1) is 19.6. The average molecular weight is 584 g/mol. The number of amides is 1. The van der Waals surface area contributed by atoms with Crippen LogP contribution in [0.1, 0.15) is 39.5 Å². The van der Waals surface area contributed by atoms with Crippen molar-refractivity contribution in [1.82, 2.24) is 14.2 Å². The van der Waals surface area contributed by atoms with Crippen molar-refractivity contribution in [1.29, 1.82) is 0 Å². The Hall–Kier alpha value is -2.92. The van der Waals surface area contributed by atoms with Gasteiger partial charge < -0.3 is 23.7 Å². The monoisotopic (exact) mass is 583 g/mol. The molecule has 0 unspecified atom stereocenters. The third-order valence-corrected chi connectivity index (χ3v) is 9.69. The first-order valence-electron chi connectivity index (χ1n) is 14.3. The fourth-order valence-electron chi connectivity index (χ4n) is 5.93. The Balaban J connectivity index is 1.23. The molecule has 1 saturated carbocycles. The lowest BCUT2D eigenvalue weighted by molar-refractivity contribution is -0.151. The summed E-state index contributed by atoms with van der Waals surface area (Å²) in [6.45, 7) is 6.79. The first-order valence-corrected chi connectivity index (χ1v) is 15.8. The number of rotatable bonds is 9. The topological polar surface area (TPSA) is 99.1 Å². The second kappa shape index (κ2) is 12.1. The maximum atomic E-state index is 13.4. The van der Waals surface area contributed by atoms with Crippen molar-refractivity contribution in [2.24, 2.45) is 13.0 Å². The number of carbonyl (C=O) groups is 1. The summed E-state index contributed by atoms with van der Waals surface area (Å²) in [5.41, 5.74) is 2.51. The first kappa shape index (κ1) is 29.6. The van der Waals surface area contributed by atoms with Crippen LogP contribution in [0.5, 0.6) is 5.75 Å². The maximum absolute atomic E-state index is 13.4. The highest BCUT2D eigenvalue weighted by atomic mass is 32.2. The van der Waals surface area contributed by atoms with Crippen molar-refractivity contribution in [3.05, 3.63) is 48.5 Å². The van der Waals surface area contributed by atoms with E-state index in [9.17, 15) is 13.2 Å². The van der Waals surface area contributed by atoms with E-state index in [1.54, 1.807) is 19.2 Å². The smallest absolute Gasteiger partial charge is 0.240 e. The van der Waals surface area contributed by atoms with E-state index < -0.39 is 10.0 Å². The molecule has 0 radical (unpaired) electrons. The van der Waals surface area contributed by atoms with Gasteiger partial charge in [0.1, 0.15) is 12.4 Å². The number of morpholine rings is 1. The summed E-state index contributed by atoms with van der Waals surface area (Å²) >= 11 is 0. The third-order valence-electron chi connectivity index (χ3n) is 8.17. The van der Waals surface area contributed by atoms with Gasteiger partial charge in [-0.25, -0.2) is 13.1 Å². The molecule has 2 heterocycles. The number of nitrogens with zero attached hydrogens (tertiary/aromatic N) is 2. The van der Waals surface area contributed by atoms with Gasteiger partial charge in [0.2, 0.25) is 15.9 Å². The van der Waals surface area contributed by atoms with Crippen LogP contribution in [0.3, 0.4) is 0 Å². The largest absolute Gasteiger partial charge is 0.491 e. The maximum Gasteiger partial charge on any atom is 0.240 e. The summed E-state index contributed by atoms with van der Waals surface area (Å²) in [6.07, 6.45) is 2.65. The van der Waals surface area contributed by atoms with E-state index in [1.165, 1.54) is 0 Å². The molecule has 1 aliphatic carbocycles. The molecule has 0 bridgehead atoms. The van der Waals surface area contributed by atoms with Crippen molar-refractivity contribution < 1.29 is 27.4 Å².